The fourth-order valence-corrected chi connectivity index (χ4v) is 3.06. The van der Waals surface area contributed by atoms with Crippen LogP contribution in [-0.2, 0) is 12.8 Å². The van der Waals surface area contributed by atoms with Gasteiger partial charge in [0, 0.05) is 6.04 Å². The lowest BCUT2D eigenvalue weighted by Gasteiger charge is -2.30. The molecule has 2 N–H and O–H groups in total. The molecule has 1 fully saturated rings. The van der Waals surface area contributed by atoms with Crippen molar-refractivity contribution in [2.75, 3.05) is 0 Å². The average Bonchev–Trinajstić information content (AvgIpc) is 2.40. The van der Waals surface area contributed by atoms with Crippen LogP contribution in [0, 0.1) is 11.8 Å². The molecule has 0 heterocycles. The molecule has 0 aromatic heterocycles. The molecule has 18 heavy (non-hydrogen) atoms. The Labute approximate surface area is 112 Å². The highest BCUT2D eigenvalue weighted by Crippen LogP contribution is 2.30. The van der Waals surface area contributed by atoms with Gasteiger partial charge in [-0.05, 0) is 48.6 Å². The standard InChI is InChI=1S/C17H27N/c1-3-14-6-8-15(9-7-14)12-17(18)16-10-4-13(2)5-11-16/h6-9,13,16-17H,3-5,10-12,18H2,1-2H3. The van der Waals surface area contributed by atoms with Crippen molar-refractivity contribution in [3.63, 3.8) is 0 Å². The summed E-state index contributed by atoms with van der Waals surface area (Å²) in [6.45, 7) is 4.56. The molecular weight excluding hydrogens is 218 g/mol. The Kier molecular flexibility index (Phi) is 4.82. The number of nitrogens with two attached hydrogens (primary N) is 1. The number of benzene rings is 1. The van der Waals surface area contributed by atoms with Crippen molar-refractivity contribution in [1.82, 2.24) is 0 Å². The lowest BCUT2D eigenvalue weighted by atomic mass is 9.78. The second-order valence-electron chi connectivity index (χ2n) is 6.06. The molecular formula is C17H27N. The summed E-state index contributed by atoms with van der Waals surface area (Å²) in [5, 5.41) is 0. The monoisotopic (exact) mass is 245 g/mol. The van der Waals surface area contributed by atoms with E-state index in [1.165, 1.54) is 36.8 Å². The molecule has 0 radical (unpaired) electrons. The van der Waals surface area contributed by atoms with E-state index in [-0.39, 0.29) is 0 Å². The van der Waals surface area contributed by atoms with Crippen molar-refractivity contribution in [3.05, 3.63) is 35.4 Å². The normalized spacial score (nSPS) is 25.9. The van der Waals surface area contributed by atoms with E-state index in [4.69, 9.17) is 5.73 Å². The highest BCUT2D eigenvalue weighted by molar-refractivity contribution is 5.23. The molecule has 0 amide bonds. The Hall–Kier alpha value is -0.820. The summed E-state index contributed by atoms with van der Waals surface area (Å²) in [5.41, 5.74) is 9.21. The summed E-state index contributed by atoms with van der Waals surface area (Å²) in [5.74, 6) is 1.66. The Morgan fingerprint density at radius 1 is 1.06 bits per heavy atom. The molecule has 1 heteroatoms. The molecule has 0 aliphatic heterocycles. The van der Waals surface area contributed by atoms with Crippen LogP contribution < -0.4 is 5.73 Å². The molecule has 2 rings (SSSR count). The topological polar surface area (TPSA) is 26.0 Å². The zero-order valence-corrected chi connectivity index (χ0v) is 11.9. The minimum Gasteiger partial charge on any atom is -0.327 e. The van der Waals surface area contributed by atoms with Gasteiger partial charge in [-0.1, -0.05) is 51.0 Å². The summed E-state index contributed by atoms with van der Waals surface area (Å²) in [6.07, 6.45) is 7.56. The summed E-state index contributed by atoms with van der Waals surface area (Å²) in [7, 11) is 0. The summed E-state index contributed by atoms with van der Waals surface area (Å²) >= 11 is 0. The fraction of sp³-hybridized carbons (Fsp3) is 0.647. The SMILES string of the molecule is CCc1ccc(CC(N)C2CCC(C)CC2)cc1. The first-order valence-corrected chi connectivity index (χ1v) is 7.52. The highest BCUT2D eigenvalue weighted by Gasteiger charge is 2.23. The second-order valence-corrected chi connectivity index (χ2v) is 6.06. The molecule has 1 aromatic carbocycles. The van der Waals surface area contributed by atoms with E-state index < -0.39 is 0 Å². The Morgan fingerprint density at radius 3 is 2.17 bits per heavy atom. The fourth-order valence-electron chi connectivity index (χ4n) is 3.06. The summed E-state index contributed by atoms with van der Waals surface area (Å²) in [4.78, 5) is 0. The van der Waals surface area contributed by atoms with Crippen LogP contribution in [0.1, 0.15) is 50.7 Å². The van der Waals surface area contributed by atoms with Crippen LogP contribution in [0.3, 0.4) is 0 Å². The van der Waals surface area contributed by atoms with E-state index in [9.17, 15) is 0 Å². The second kappa shape index (κ2) is 6.38. The molecule has 1 atom stereocenters. The van der Waals surface area contributed by atoms with Gasteiger partial charge >= 0.3 is 0 Å². The minimum absolute atomic E-state index is 0.352. The number of rotatable bonds is 4. The third-order valence-electron chi connectivity index (χ3n) is 4.57. The van der Waals surface area contributed by atoms with Gasteiger partial charge in [-0.15, -0.1) is 0 Å². The number of hydrogen-bond donors (Lipinski definition) is 1. The minimum atomic E-state index is 0.352. The van der Waals surface area contributed by atoms with E-state index >= 15 is 0 Å². The third kappa shape index (κ3) is 3.58. The van der Waals surface area contributed by atoms with Crippen molar-refractivity contribution < 1.29 is 0 Å². The molecule has 0 bridgehead atoms. The summed E-state index contributed by atoms with van der Waals surface area (Å²) < 4.78 is 0. The van der Waals surface area contributed by atoms with Gasteiger partial charge in [0.2, 0.25) is 0 Å². The van der Waals surface area contributed by atoms with Crippen LogP contribution in [0.4, 0.5) is 0 Å². The van der Waals surface area contributed by atoms with E-state index in [2.05, 4.69) is 38.1 Å². The molecule has 1 nitrogen and oxygen atoms in total. The first-order chi connectivity index (χ1) is 8.69. The largest absolute Gasteiger partial charge is 0.327 e. The molecule has 1 unspecified atom stereocenters. The molecule has 100 valence electrons. The van der Waals surface area contributed by atoms with Gasteiger partial charge in [-0.25, -0.2) is 0 Å². The van der Waals surface area contributed by atoms with E-state index in [1.54, 1.807) is 0 Å². The quantitative estimate of drug-likeness (QED) is 0.854. The maximum atomic E-state index is 6.40. The van der Waals surface area contributed by atoms with Gasteiger partial charge in [-0.3, -0.25) is 0 Å². The average molecular weight is 245 g/mol. The van der Waals surface area contributed by atoms with Gasteiger partial charge in [0.15, 0.2) is 0 Å². The maximum absolute atomic E-state index is 6.40. The van der Waals surface area contributed by atoms with Crippen LogP contribution in [0.25, 0.3) is 0 Å². The molecule has 1 aliphatic rings. The number of hydrogen-bond acceptors (Lipinski definition) is 1. The molecule has 0 saturated heterocycles. The molecule has 1 saturated carbocycles. The van der Waals surface area contributed by atoms with Crippen molar-refractivity contribution >= 4 is 0 Å². The Morgan fingerprint density at radius 2 is 1.61 bits per heavy atom. The Balaban J connectivity index is 1.87. The van der Waals surface area contributed by atoms with Crippen molar-refractivity contribution in [2.24, 2.45) is 17.6 Å². The first-order valence-electron chi connectivity index (χ1n) is 7.52. The van der Waals surface area contributed by atoms with Crippen LogP contribution in [0.2, 0.25) is 0 Å². The summed E-state index contributed by atoms with van der Waals surface area (Å²) in [6, 6.07) is 9.34. The van der Waals surface area contributed by atoms with E-state index in [0.29, 0.717) is 6.04 Å². The van der Waals surface area contributed by atoms with Crippen LogP contribution in [-0.4, -0.2) is 6.04 Å². The predicted molar refractivity (Wildman–Crippen MR) is 78.6 cm³/mol. The van der Waals surface area contributed by atoms with E-state index in [1.807, 2.05) is 0 Å². The van der Waals surface area contributed by atoms with Gasteiger partial charge in [0.1, 0.15) is 0 Å². The van der Waals surface area contributed by atoms with Gasteiger partial charge in [-0.2, -0.15) is 0 Å². The maximum Gasteiger partial charge on any atom is 0.0108 e. The van der Waals surface area contributed by atoms with Crippen LogP contribution in [0.5, 0.6) is 0 Å². The van der Waals surface area contributed by atoms with Crippen LogP contribution >= 0.6 is 0 Å². The van der Waals surface area contributed by atoms with Gasteiger partial charge in [0.05, 0.1) is 0 Å². The van der Waals surface area contributed by atoms with Crippen molar-refractivity contribution in [1.29, 1.82) is 0 Å². The zero-order valence-electron chi connectivity index (χ0n) is 11.9. The van der Waals surface area contributed by atoms with Crippen molar-refractivity contribution in [3.8, 4) is 0 Å². The zero-order chi connectivity index (χ0) is 13.0. The highest BCUT2D eigenvalue weighted by atomic mass is 14.6. The molecule has 0 spiro atoms. The predicted octanol–water partition coefficient (Wildman–Crippen LogP) is 3.95. The van der Waals surface area contributed by atoms with Crippen LogP contribution in [0.15, 0.2) is 24.3 Å². The van der Waals surface area contributed by atoms with E-state index in [0.717, 1.165) is 24.7 Å². The third-order valence-corrected chi connectivity index (χ3v) is 4.57. The molecule has 1 aromatic rings. The first kappa shape index (κ1) is 13.6. The lowest BCUT2D eigenvalue weighted by Crippen LogP contribution is -2.34. The van der Waals surface area contributed by atoms with Crippen molar-refractivity contribution in [2.45, 2.75) is 58.4 Å². The van der Waals surface area contributed by atoms with Gasteiger partial charge in [0.25, 0.3) is 0 Å². The molecule has 1 aliphatic carbocycles. The smallest absolute Gasteiger partial charge is 0.0108 e. The van der Waals surface area contributed by atoms with Gasteiger partial charge < -0.3 is 5.73 Å². The Bertz CT molecular complexity index is 346. The lowest BCUT2D eigenvalue weighted by molar-refractivity contribution is 0.253. The number of aryl methyl sites for hydroxylation is 1.